The highest BCUT2D eigenvalue weighted by Crippen LogP contribution is 2.36. The number of benzene rings is 1. The van der Waals surface area contributed by atoms with Gasteiger partial charge in [-0.25, -0.2) is 0 Å². The second-order valence-electron chi connectivity index (χ2n) is 5.70. The summed E-state index contributed by atoms with van der Waals surface area (Å²) in [5.41, 5.74) is 2.76. The lowest BCUT2D eigenvalue weighted by Gasteiger charge is -2.15. The van der Waals surface area contributed by atoms with Gasteiger partial charge in [0.2, 0.25) is 0 Å². The van der Waals surface area contributed by atoms with Crippen LogP contribution in [0.25, 0.3) is 0 Å². The first-order valence-corrected chi connectivity index (χ1v) is 7.96. The summed E-state index contributed by atoms with van der Waals surface area (Å²) >= 11 is 6.54. The zero-order chi connectivity index (χ0) is 12.8. The molecule has 1 heteroatoms. The topological polar surface area (TPSA) is 0 Å². The monoisotopic (exact) mass is 264 g/mol. The van der Waals surface area contributed by atoms with Crippen LogP contribution < -0.4 is 0 Å². The van der Waals surface area contributed by atoms with Crippen LogP contribution in [0.2, 0.25) is 0 Å². The molecule has 0 nitrogen and oxygen atoms in total. The van der Waals surface area contributed by atoms with Gasteiger partial charge in [-0.2, -0.15) is 0 Å². The van der Waals surface area contributed by atoms with Crippen molar-refractivity contribution in [1.82, 2.24) is 0 Å². The second kappa shape index (κ2) is 7.19. The average molecular weight is 265 g/mol. The molecule has 1 aliphatic rings. The Morgan fingerprint density at radius 2 is 1.83 bits per heavy atom. The van der Waals surface area contributed by atoms with Crippen LogP contribution in [-0.4, -0.2) is 0 Å². The van der Waals surface area contributed by atoms with Crippen LogP contribution in [0.4, 0.5) is 0 Å². The smallest absolute Gasteiger partial charge is 0.0587 e. The van der Waals surface area contributed by atoms with E-state index < -0.39 is 0 Å². The summed E-state index contributed by atoms with van der Waals surface area (Å²) in [4.78, 5) is 0. The Labute approximate surface area is 117 Å². The van der Waals surface area contributed by atoms with Crippen LogP contribution >= 0.6 is 11.6 Å². The van der Waals surface area contributed by atoms with E-state index in [1.165, 1.54) is 56.1 Å². The molecule has 2 rings (SSSR count). The van der Waals surface area contributed by atoms with Gasteiger partial charge in [-0.1, -0.05) is 63.3 Å². The number of unbranched alkanes of at least 4 members (excludes halogenated alkanes) is 1. The van der Waals surface area contributed by atoms with E-state index >= 15 is 0 Å². The van der Waals surface area contributed by atoms with Crippen molar-refractivity contribution in [2.75, 3.05) is 0 Å². The molecular formula is C17H25Cl. The van der Waals surface area contributed by atoms with Crippen molar-refractivity contribution in [3.05, 3.63) is 35.4 Å². The Morgan fingerprint density at radius 1 is 1.17 bits per heavy atom. The lowest BCUT2D eigenvalue weighted by Crippen LogP contribution is -2.00. The summed E-state index contributed by atoms with van der Waals surface area (Å²) < 4.78 is 0. The quantitative estimate of drug-likeness (QED) is 0.562. The molecule has 0 aromatic heterocycles. The first kappa shape index (κ1) is 13.9. The molecule has 0 bridgehead atoms. The summed E-state index contributed by atoms with van der Waals surface area (Å²) in [6.07, 6.45) is 10.5. The molecule has 0 radical (unpaired) electrons. The molecule has 1 atom stereocenters. The van der Waals surface area contributed by atoms with E-state index in [2.05, 4.69) is 31.2 Å². The Bertz CT molecular complexity index is 335. The molecule has 1 fully saturated rings. The molecule has 1 aromatic carbocycles. The zero-order valence-corrected chi connectivity index (χ0v) is 12.3. The van der Waals surface area contributed by atoms with Crippen molar-refractivity contribution in [3.8, 4) is 0 Å². The fraction of sp³-hybridized carbons (Fsp3) is 0.647. The van der Waals surface area contributed by atoms with Gasteiger partial charge in [0.15, 0.2) is 0 Å². The van der Waals surface area contributed by atoms with Gasteiger partial charge >= 0.3 is 0 Å². The maximum absolute atomic E-state index is 6.54. The Balaban J connectivity index is 1.87. The predicted molar refractivity (Wildman–Crippen MR) is 80.2 cm³/mol. The van der Waals surface area contributed by atoms with Crippen LogP contribution in [-0.2, 0) is 6.42 Å². The molecule has 18 heavy (non-hydrogen) atoms. The molecule has 1 unspecified atom stereocenters. The van der Waals surface area contributed by atoms with Gasteiger partial charge in [0.25, 0.3) is 0 Å². The van der Waals surface area contributed by atoms with Crippen molar-refractivity contribution >= 4 is 11.6 Å². The summed E-state index contributed by atoms with van der Waals surface area (Å²) in [7, 11) is 0. The van der Waals surface area contributed by atoms with Gasteiger partial charge in [0.1, 0.15) is 0 Å². The van der Waals surface area contributed by atoms with Crippen LogP contribution in [0, 0.1) is 5.92 Å². The second-order valence-corrected chi connectivity index (χ2v) is 6.23. The number of alkyl halides is 1. The minimum Gasteiger partial charge on any atom is -0.118 e. The Hall–Kier alpha value is -0.490. The lowest BCUT2D eigenvalue weighted by atomic mass is 9.96. The van der Waals surface area contributed by atoms with Crippen molar-refractivity contribution < 1.29 is 0 Å². The number of aryl methyl sites for hydroxylation is 1. The highest BCUT2D eigenvalue weighted by atomic mass is 35.5. The highest BCUT2D eigenvalue weighted by molar-refractivity contribution is 6.20. The molecule has 0 saturated heterocycles. The van der Waals surface area contributed by atoms with E-state index in [0.29, 0.717) is 0 Å². The number of hydrogen-bond donors (Lipinski definition) is 0. The van der Waals surface area contributed by atoms with Crippen molar-refractivity contribution in [3.63, 3.8) is 0 Å². The highest BCUT2D eigenvalue weighted by Gasteiger charge is 2.19. The standard InChI is InChI=1S/C17H25Cl/c1-2-3-6-14-9-11-16(12-10-14)17(18)13-15-7-4-5-8-15/h9-12,15,17H,2-8,13H2,1H3. The minimum absolute atomic E-state index is 0.216. The van der Waals surface area contributed by atoms with Gasteiger partial charge in [-0.3, -0.25) is 0 Å². The van der Waals surface area contributed by atoms with E-state index in [1.54, 1.807) is 0 Å². The van der Waals surface area contributed by atoms with Gasteiger partial charge in [0.05, 0.1) is 5.38 Å². The van der Waals surface area contributed by atoms with Gasteiger partial charge < -0.3 is 0 Å². The fourth-order valence-corrected chi connectivity index (χ4v) is 3.35. The first-order valence-electron chi connectivity index (χ1n) is 7.52. The molecule has 1 aliphatic carbocycles. The number of hydrogen-bond acceptors (Lipinski definition) is 0. The molecule has 100 valence electrons. The van der Waals surface area contributed by atoms with E-state index in [0.717, 1.165) is 12.3 Å². The molecule has 1 saturated carbocycles. The minimum atomic E-state index is 0.216. The average Bonchev–Trinajstić information content (AvgIpc) is 2.89. The number of halogens is 1. The number of rotatable bonds is 6. The molecule has 0 amide bonds. The van der Waals surface area contributed by atoms with E-state index in [4.69, 9.17) is 11.6 Å². The van der Waals surface area contributed by atoms with Crippen LogP contribution in [0.15, 0.2) is 24.3 Å². The largest absolute Gasteiger partial charge is 0.118 e. The maximum Gasteiger partial charge on any atom is 0.0587 e. The molecule has 0 aliphatic heterocycles. The normalized spacial score (nSPS) is 18.1. The Morgan fingerprint density at radius 3 is 2.44 bits per heavy atom. The van der Waals surface area contributed by atoms with Gasteiger partial charge in [-0.15, -0.1) is 11.6 Å². The third-order valence-electron chi connectivity index (χ3n) is 4.18. The zero-order valence-electron chi connectivity index (χ0n) is 11.5. The van der Waals surface area contributed by atoms with Gasteiger partial charge in [-0.05, 0) is 36.3 Å². The maximum atomic E-state index is 6.54. The predicted octanol–water partition coefficient (Wildman–Crippen LogP) is 5.89. The molecule has 0 heterocycles. The molecule has 0 spiro atoms. The first-order chi connectivity index (χ1) is 8.79. The van der Waals surface area contributed by atoms with E-state index in [9.17, 15) is 0 Å². The summed E-state index contributed by atoms with van der Waals surface area (Å²) in [5.74, 6) is 0.868. The fourth-order valence-electron chi connectivity index (χ4n) is 2.95. The Kier molecular flexibility index (Phi) is 5.56. The molecule has 1 aromatic rings. The SMILES string of the molecule is CCCCc1ccc(C(Cl)CC2CCCC2)cc1. The van der Waals surface area contributed by atoms with Crippen molar-refractivity contribution in [2.45, 2.75) is 63.7 Å². The van der Waals surface area contributed by atoms with Crippen LogP contribution in [0.5, 0.6) is 0 Å². The third-order valence-corrected chi connectivity index (χ3v) is 4.61. The third kappa shape index (κ3) is 4.02. The molecule has 0 N–H and O–H groups in total. The van der Waals surface area contributed by atoms with Crippen LogP contribution in [0.3, 0.4) is 0 Å². The van der Waals surface area contributed by atoms with E-state index in [-0.39, 0.29) is 5.38 Å². The summed E-state index contributed by atoms with van der Waals surface area (Å²) in [6, 6.07) is 8.99. The van der Waals surface area contributed by atoms with Crippen molar-refractivity contribution in [2.24, 2.45) is 5.92 Å². The summed E-state index contributed by atoms with van der Waals surface area (Å²) in [5, 5.41) is 0.216. The lowest BCUT2D eigenvalue weighted by molar-refractivity contribution is 0.496. The molecular weight excluding hydrogens is 240 g/mol. The van der Waals surface area contributed by atoms with Gasteiger partial charge in [0, 0.05) is 0 Å². The van der Waals surface area contributed by atoms with Crippen molar-refractivity contribution in [1.29, 1.82) is 0 Å². The van der Waals surface area contributed by atoms with E-state index in [1.807, 2.05) is 0 Å². The summed E-state index contributed by atoms with van der Waals surface area (Å²) in [6.45, 7) is 2.24. The van der Waals surface area contributed by atoms with Crippen LogP contribution in [0.1, 0.15) is 68.4 Å².